The van der Waals surface area contributed by atoms with Crippen molar-refractivity contribution in [2.24, 2.45) is 12.5 Å². The minimum atomic E-state index is -0.328. The van der Waals surface area contributed by atoms with Gasteiger partial charge in [0.15, 0.2) is 0 Å². The Morgan fingerprint density at radius 3 is 2.63 bits per heavy atom. The normalized spacial score (nSPS) is 17.6. The fourth-order valence-corrected chi connectivity index (χ4v) is 2.90. The Hall–Kier alpha value is -1.59. The summed E-state index contributed by atoms with van der Waals surface area (Å²) in [5.74, 6) is 0.537. The van der Waals surface area contributed by atoms with E-state index in [0.717, 1.165) is 6.54 Å². The zero-order chi connectivity index (χ0) is 14.0. The standard InChI is InChI=1S/C13H22N4O2/c1-4-10-11(17(18)19)12(16(3)15-10)14-9-13(2)7-5-6-8-13/h14H,4-9H2,1-3H3. The maximum Gasteiger partial charge on any atom is 0.333 e. The third-order valence-corrected chi connectivity index (χ3v) is 4.10. The average Bonchev–Trinajstić information content (AvgIpc) is 2.91. The van der Waals surface area contributed by atoms with Gasteiger partial charge < -0.3 is 5.32 Å². The van der Waals surface area contributed by atoms with Crippen LogP contribution in [0.25, 0.3) is 0 Å². The van der Waals surface area contributed by atoms with Crippen LogP contribution in [0.5, 0.6) is 0 Å². The van der Waals surface area contributed by atoms with Crippen LogP contribution < -0.4 is 5.32 Å². The van der Waals surface area contributed by atoms with Gasteiger partial charge in [0.2, 0.25) is 5.82 Å². The molecule has 0 radical (unpaired) electrons. The summed E-state index contributed by atoms with van der Waals surface area (Å²) in [6.45, 7) is 4.91. The van der Waals surface area contributed by atoms with Crippen LogP contribution in [0.2, 0.25) is 0 Å². The third-order valence-electron chi connectivity index (χ3n) is 4.10. The van der Waals surface area contributed by atoms with Gasteiger partial charge in [-0.25, -0.2) is 4.68 Å². The molecule has 0 saturated heterocycles. The molecule has 0 atom stereocenters. The van der Waals surface area contributed by atoms with Gasteiger partial charge >= 0.3 is 5.69 Å². The summed E-state index contributed by atoms with van der Waals surface area (Å²) in [7, 11) is 1.76. The molecule has 1 fully saturated rings. The molecule has 2 rings (SSSR count). The molecule has 19 heavy (non-hydrogen) atoms. The van der Waals surface area contributed by atoms with E-state index in [-0.39, 0.29) is 16.0 Å². The Morgan fingerprint density at radius 1 is 1.47 bits per heavy atom. The highest BCUT2D eigenvalue weighted by molar-refractivity contribution is 5.59. The Kier molecular flexibility index (Phi) is 3.78. The van der Waals surface area contributed by atoms with E-state index < -0.39 is 0 Å². The van der Waals surface area contributed by atoms with Crippen molar-refractivity contribution in [3.05, 3.63) is 15.8 Å². The summed E-state index contributed by atoms with van der Waals surface area (Å²) in [4.78, 5) is 10.9. The van der Waals surface area contributed by atoms with Crippen molar-refractivity contribution in [1.82, 2.24) is 9.78 Å². The first-order valence-corrected chi connectivity index (χ1v) is 6.91. The van der Waals surface area contributed by atoms with E-state index in [0.29, 0.717) is 17.9 Å². The topological polar surface area (TPSA) is 73.0 Å². The van der Waals surface area contributed by atoms with E-state index >= 15 is 0 Å². The number of hydrogen-bond donors (Lipinski definition) is 1. The number of anilines is 1. The minimum absolute atomic E-state index is 0.131. The van der Waals surface area contributed by atoms with Crippen LogP contribution >= 0.6 is 0 Å². The van der Waals surface area contributed by atoms with E-state index in [1.54, 1.807) is 11.7 Å². The summed E-state index contributed by atoms with van der Waals surface area (Å²) in [5.41, 5.74) is 0.933. The van der Waals surface area contributed by atoms with Crippen molar-refractivity contribution in [2.75, 3.05) is 11.9 Å². The maximum atomic E-state index is 11.2. The molecule has 6 nitrogen and oxygen atoms in total. The van der Waals surface area contributed by atoms with Gasteiger partial charge in [-0.2, -0.15) is 5.10 Å². The maximum absolute atomic E-state index is 11.2. The predicted molar refractivity (Wildman–Crippen MR) is 74.3 cm³/mol. The molecule has 0 bridgehead atoms. The van der Waals surface area contributed by atoms with E-state index in [1.807, 2.05) is 6.92 Å². The van der Waals surface area contributed by atoms with Gasteiger partial charge in [0.25, 0.3) is 0 Å². The highest BCUT2D eigenvalue weighted by atomic mass is 16.6. The van der Waals surface area contributed by atoms with E-state index in [4.69, 9.17) is 0 Å². The summed E-state index contributed by atoms with van der Waals surface area (Å²) in [6.07, 6.45) is 5.46. The summed E-state index contributed by atoms with van der Waals surface area (Å²) in [5, 5.41) is 18.7. The van der Waals surface area contributed by atoms with Crippen molar-refractivity contribution in [3.8, 4) is 0 Å². The molecule has 1 saturated carbocycles. The molecule has 1 heterocycles. The first-order chi connectivity index (χ1) is 8.97. The molecule has 6 heteroatoms. The Labute approximate surface area is 113 Å². The zero-order valence-corrected chi connectivity index (χ0v) is 11.9. The number of nitrogens with one attached hydrogen (secondary N) is 1. The highest BCUT2D eigenvalue weighted by Gasteiger charge is 2.31. The lowest BCUT2D eigenvalue weighted by molar-refractivity contribution is -0.384. The fourth-order valence-electron chi connectivity index (χ4n) is 2.90. The lowest BCUT2D eigenvalue weighted by Crippen LogP contribution is -2.24. The Balaban J connectivity index is 2.19. The van der Waals surface area contributed by atoms with Crippen LogP contribution in [0.15, 0.2) is 0 Å². The zero-order valence-electron chi connectivity index (χ0n) is 11.9. The van der Waals surface area contributed by atoms with Crippen LogP contribution in [-0.4, -0.2) is 21.2 Å². The lowest BCUT2D eigenvalue weighted by atomic mass is 9.89. The molecule has 1 N–H and O–H groups in total. The second-order valence-electron chi connectivity index (χ2n) is 5.75. The van der Waals surface area contributed by atoms with Crippen LogP contribution in [0.3, 0.4) is 0 Å². The molecular formula is C13H22N4O2. The average molecular weight is 266 g/mol. The molecule has 0 amide bonds. The van der Waals surface area contributed by atoms with Gasteiger partial charge in [-0.1, -0.05) is 26.7 Å². The van der Waals surface area contributed by atoms with E-state index in [2.05, 4.69) is 17.3 Å². The van der Waals surface area contributed by atoms with Gasteiger partial charge in [0.05, 0.1) is 4.92 Å². The second kappa shape index (κ2) is 5.19. The molecule has 0 spiro atoms. The highest BCUT2D eigenvalue weighted by Crippen LogP contribution is 2.38. The number of nitro groups is 1. The van der Waals surface area contributed by atoms with Gasteiger partial charge in [-0.05, 0) is 24.7 Å². The molecular weight excluding hydrogens is 244 g/mol. The van der Waals surface area contributed by atoms with Crippen molar-refractivity contribution >= 4 is 11.5 Å². The molecule has 0 unspecified atom stereocenters. The minimum Gasteiger partial charge on any atom is -0.364 e. The third kappa shape index (κ3) is 2.72. The first kappa shape index (κ1) is 13.8. The molecule has 1 aromatic heterocycles. The first-order valence-electron chi connectivity index (χ1n) is 6.91. The van der Waals surface area contributed by atoms with Gasteiger partial charge in [0.1, 0.15) is 5.69 Å². The molecule has 0 aliphatic heterocycles. The molecule has 1 aliphatic rings. The number of hydrogen-bond acceptors (Lipinski definition) is 4. The van der Waals surface area contributed by atoms with Crippen molar-refractivity contribution in [1.29, 1.82) is 0 Å². The monoisotopic (exact) mass is 266 g/mol. The van der Waals surface area contributed by atoms with Gasteiger partial charge in [0, 0.05) is 13.6 Å². The summed E-state index contributed by atoms with van der Waals surface area (Å²) in [6, 6.07) is 0. The molecule has 0 aromatic carbocycles. The van der Waals surface area contributed by atoms with E-state index in [9.17, 15) is 10.1 Å². The smallest absolute Gasteiger partial charge is 0.333 e. The summed E-state index contributed by atoms with van der Waals surface area (Å²) >= 11 is 0. The second-order valence-corrected chi connectivity index (χ2v) is 5.75. The molecule has 1 aliphatic carbocycles. The Bertz CT molecular complexity index is 475. The Morgan fingerprint density at radius 2 is 2.11 bits per heavy atom. The van der Waals surface area contributed by atoms with Crippen molar-refractivity contribution in [2.45, 2.75) is 46.0 Å². The fraction of sp³-hybridized carbons (Fsp3) is 0.769. The van der Waals surface area contributed by atoms with E-state index in [1.165, 1.54) is 25.7 Å². The SMILES string of the molecule is CCc1nn(C)c(NCC2(C)CCCC2)c1[N+](=O)[O-]. The molecule has 1 aromatic rings. The van der Waals surface area contributed by atoms with Gasteiger partial charge in [-0.3, -0.25) is 10.1 Å². The molecule has 106 valence electrons. The van der Waals surface area contributed by atoms with Gasteiger partial charge in [-0.15, -0.1) is 0 Å². The van der Waals surface area contributed by atoms with Crippen LogP contribution in [0, 0.1) is 15.5 Å². The number of rotatable bonds is 5. The number of nitrogens with zero attached hydrogens (tertiary/aromatic N) is 3. The number of aryl methyl sites for hydroxylation is 2. The van der Waals surface area contributed by atoms with Crippen molar-refractivity contribution in [3.63, 3.8) is 0 Å². The number of aromatic nitrogens is 2. The largest absolute Gasteiger partial charge is 0.364 e. The summed E-state index contributed by atoms with van der Waals surface area (Å²) < 4.78 is 1.59. The van der Waals surface area contributed by atoms with Crippen molar-refractivity contribution < 1.29 is 4.92 Å². The van der Waals surface area contributed by atoms with Crippen LogP contribution in [-0.2, 0) is 13.5 Å². The predicted octanol–water partition coefficient (Wildman–Crippen LogP) is 2.88. The lowest BCUT2D eigenvalue weighted by Gasteiger charge is -2.23. The van der Waals surface area contributed by atoms with Crippen LogP contribution in [0.1, 0.15) is 45.2 Å². The van der Waals surface area contributed by atoms with Crippen LogP contribution in [0.4, 0.5) is 11.5 Å². The quantitative estimate of drug-likeness (QED) is 0.657.